The lowest BCUT2D eigenvalue weighted by Gasteiger charge is -2.16. The van der Waals surface area contributed by atoms with Gasteiger partial charge in [-0.2, -0.15) is 0 Å². The Hall–Kier alpha value is -2.07. The van der Waals surface area contributed by atoms with Crippen molar-refractivity contribution in [3.63, 3.8) is 0 Å². The van der Waals surface area contributed by atoms with Gasteiger partial charge in [-0.25, -0.2) is 0 Å². The van der Waals surface area contributed by atoms with Crippen LogP contribution < -0.4 is 10.1 Å². The summed E-state index contributed by atoms with van der Waals surface area (Å²) in [4.78, 5) is 12.4. The molecule has 0 unspecified atom stereocenters. The van der Waals surface area contributed by atoms with Crippen molar-refractivity contribution in [1.29, 1.82) is 0 Å². The van der Waals surface area contributed by atoms with Crippen molar-refractivity contribution >= 4 is 5.91 Å². The van der Waals surface area contributed by atoms with Crippen LogP contribution >= 0.6 is 0 Å². The number of carbonyl (C=O) groups excluding carboxylic acids is 1. The number of fused-ring (bicyclic) bond motifs is 1. The van der Waals surface area contributed by atoms with Gasteiger partial charge in [-0.05, 0) is 29.3 Å². The van der Waals surface area contributed by atoms with E-state index in [0.717, 1.165) is 36.5 Å². The van der Waals surface area contributed by atoms with Crippen molar-refractivity contribution in [1.82, 2.24) is 9.88 Å². The summed E-state index contributed by atoms with van der Waals surface area (Å²) < 4.78 is 6.93. The van der Waals surface area contributed by atoms with Crippen LogP contribution in [0.2, 0.25) is 0 Å². The molecule has 0 saturated heterocycles. The smallest absolute Gasteiger partial charge is 0.235 e. The summed E-state index contributed by atoms with van der Waals surface area (Å²) in [5.74, 6) is 0.934. The number of rotatable bonds is 3. The van der Waals surface area contributed by atoms with Crippen molar-refractivity contribution in [2.24, 2.45) is 0 Å². The number of nitrogens with one attached hydrogen (secondary N) is 1. The van der Waals surface area contributed by atoms with Crippen LogP contribution in [0.3, 0.4) is 0 Å². The van der Waals surface area contributed by atoms with E-state index < -0.39 is 0 Å². The number of hydrogen-bond donors (Lipinski definition) is 1. The molecule has 0 radical (unpaired) electrons. The van der Waals surface area contributed by atoms with E-state index >= 15 is 0 Å². The molecule has 0 bridgehead atoms. The van der Waals surface area contributed by atoms with Crippen LogP contribution in [0.5, 0.6) is 5.75 Å². The molecule has 0 saturated carbocycles. The lowest BCUT2D eigenvalue weighted by molar-refractivity contribution is 0.0911. The second-order valence-corrected chi connectivity index (χ2v) is 5.00. The Labute approximate surface area is 118 Å². The fourth-order valence-corrected chi connectivity index (χ4v) is 2.61. The number of methoxy groups -OCH3 is 1. The normalized spacial score (nSPS) is 13.8. The first-order chi connectivity index (χ1) is 9.78. The maximum Gasteiger partial charge on any atom is 0.235 e. The van der Waals surface area contributed by atoms with Crippen LogP contribution in [0.25, 0.3) is 0 Å². The minimum atomic E-state index is 0.123. The van der Waals surface area contributed by atoms with Crippen LogP contribution in [0.4, 0.5) is 0 Å². The maximum absolute atomic E-state index is 12.4. The third kappa shape index (κ3) is 2.47. The Kier molecular flexibility index (Phi) is 3.56. The second kappa shape index (κ2) is 5.51. The fourth-order valence-electron chi connectivity index (χ4n) is 2.61. The highest BCUT2D eigenvalue weighted by Crippen LogP contribution is 2.17. The molecule has 0 aliphatic carbocycles. The van der Waals surface area contributed by atoms with E-state index in [1.165, 1.54) is 5.56 Å². The zero-order chi connectivity index (χ0) is 13.9. The Balaban J connectivity index is 1.77. The summed E-state index contributed by atoms with van der Waals surface area (Å²) in [6, 6.07) is 9.69. The summed E-state index contributed by atoms with van der Waals surface area (Å²) in [5, 5.41) is 3.32. The maximum atomic E-state index is 12.4. The van der Waals surface area contributed by atoms with Crippen LogP contribution in [0, 0.1) is 0 Å². The molecule has 1 aromatic carbocycles. The molecule has 104 valence electrons. The number of hydrogen-bond acceptors (Lipinski definition) is 3. The average Bonchev–Trinajstić information content (AvgIpc) is 2.92. The Morgan fingerprint density at radius 3 is 2.85 bits per heavy atom. The van der Waals surface area contributed by atoms with E-state index in [0.29, 0.717) is 6.42 Å². The summed E-state index contributed by atoms with van der Waals surface area (Å²) in [7, 11) is 1.64. The number of nitrogens with zero attached hydrogens (tertiary/aromatic N) is 1. The molecular weight excluding hydrogens is 252 g/mol. The van der Waals surface area contributed by atoms with Gasteiger partial charge in [-0.15, -0.1) is 0 Å². The Bertz CT molecular complexity index is 614. The second-order valence-electron chi connectivity index (χ2n) is 5.00. The van der Waals surface area contributed by atoms with Gasteiger partial charge in [0.25, 0.3) is 0 Å². The molecular formula is C16H18N2O2. The van der Waals surface area contributed by atoms with Crippen LogP contribution in [-0.4, -0.2) is 24.1 Å². The fraction of sp³-hybridized carbons (Fsp3) is 0.312. The van der Waals surface area contributed by atoms with E-state index in [1.807, 2.05) is 36.5 Å². The van der Waals surface area contributed by atoms with Crippen molar-refractivity contribution in [3.05, 3.63) is 53.3 Å². The van der Waals surface area contributed by atoms with Gasteiger partial charge in [0.05, 0.1) is 13.5 Å². The van der Waals surface area contributed by atoms with Gasteiger partial charge in [0.15, 0.2) is 0 Å². The van der Waals surface area contributed by atoms with Gasteiger partial charge in [-0.3, -0.25) is 9.36 Å². The largest absolute Gasteiger partial charge is 0.497 e. The van der Waals surface area contributed by atoms with E-state index in [-0.39, 0.29) is 5.91 Å². The highest BCUT2D eigenvalue weighted by atomic mass is 16.5. The molecule has 1 N–H and O–H groups in total. The van der Waals surface area contributed by atoms with Gasteiger partial charge in [0.1, 0.15) is 5.75 Å². The van der Waals surface area contributed by atoms with Gasteiger partial charge in [0.2, 0.25) is 5.91 Å². The van der Waals surface area contributed by atoms with Gasteiger partial charge >= 0.3 is 0 Å². The topological polar surface area (TPSA) is 43.3 Å². The Morgan fingerprint density at radius 1 is 1.30 bits per heavy atom. The molecule has 20 heavy (non-hydrogen) atoms. The molecule has 4 heteroatoms. The van der Waals surface area contributed by atoms with Crippen LogP contribution in [-0.2, 0) is 19.4 Å². The monoisotopic (exact) mass is 270 g/mol. The standard InChI is InChI=1S/C16H18N2O2/c1-20-14-4-2-12(3-5-14)10-16(19)18-9-7-13-11-17-8-6-15(13)18/h2-5,7,9,17H,6,8,10-11H2,1H3. The summed E-state index contributed by atoms with van der Waals surface area (Å²) in [6.45, 7) is 1.80. The van der Waals surface area contributed by atoms with E-state index in [9.17, 15) is 4.79 Å². The molecule has 0 fully saturated rings. The zero-order valence-electron chi connectivity index (χ0n) is 11.6. The first-order valence-corrected chi connectivity index (χ1v) is 6.84. The molecule has 4 nitrogen and oxygen atoms in total. The molecule has 0 amide bonds. The van der Waals surface area contributed by atoms with E-state index in [4.69, 9.17) is 4.74 Å². The molecule has 1 aliphatic rings. The lowest BCUT2D eigenvalue weighted by atomic mass is 10.1. The quantitative estimate of drug-likeness (QED) is 0.928. The number of carbonyl (C=O) groups is 1. The van der Waals surface area contributed by atoms with Crippen molar-refractivity contribution < 1.29 is 9.53 Å². The minimum absolute atomic E-state index is 0.123. The number of benzene rings is 1. The minimum Gasteiger partial charge on any atom is -0.497 e. The number of aromatic nitrogens is 1. The van der Waals surface area contributed by atoms with Crippen molar-refractivity contribution in [2.45, 2.75) is 19.4 Å². The Morgan fingerprint density at radius 2 is 2.10 bits per heavy atom. The van der Waals surface area contributed by atoms with Gasteiger partial charge < -0.3 is 10.1 Å². The molecule has 2 heterocycles. The first kappa shape index (κ1) is 12.9. The highest BCUT2D eigenvalue weighted by molar-refractivity contribution is 5.82. The summed E-state index contributed by atoms with van der Waals surface area (Å²) >= 11 is 0. The molecule has 2 aromatic rings. The van der Waals surface area contributed by atoms with E-state index in [2.05, 4.69) is 5.32 Å². The van der Waals surface area contributed by atoms with Gasteiger partial charge in [-0.1, -0.05) is 12.1 Å². The molecule has 1 aromatic heterocycles. The van der Waals surface area contributed by atoms with Crippen molar-refractivity contribution in [2.75, 3.05) is 13.7 Å². The van der Waals surface area contributed by atoms with Crippen LogP contribution in [0.15, 0.2) is 36.5 Å². The lowest BCUT2D eigenvalue weighted by Crippen LogP contribution is -2.26. The first-order valence-electron chi connectivity index (χ1n) is 6.84. The number of ether oxygens (including phenoxy) is 1. The molecule has 0 spiro atoms. The third-order valence-electron chi connectivity index (χ3n) is 3.72. The van der Waals surface area contributed by atoms with Crippen molar-refractivity contribution in [3.8, 4) is 5.75 Å². The SMILES string of the molecule is COc1ccc(CC(=O)n2ccc3c2CCNC3)cc1. The highest BCUT2D eigenvalue weighted by Gasteiger charge is 2.17. The molecule has 0 atom stereocenters. The zero-order valence-corrected chi connectivity index (χ0v) is 11.6. The third-order valence-corrected chi connectivity index (χ3v) is 3.72. The predicted octanol–water partition coefficient (Wildman–Crippen LogP) is 2.03. The van der Waals surface area contributed by atoms with E-state index in [1.54, 1.807) is 11.7 Å². The van der Waals surface area contributed by atoms with Crippen LogP contribution in [0.1, 0.15) is 21.6 Å². The summed E-state index contributed by atoms with van der Waals surface area (Å²) in [6.07, 6.45) is 3.22. The predicted molar refractivity (Wildman–Crippen MR) is 77.2 cm³/mol. The molecule has 1 aliphatic heterocycles. The van der Waals surface area contributed by atoms with Gasteiger partial charge in [0, 0.05) is 31.4 Å². The molecule has 3 rings (SSSR count). The average molecular weight is 270 g/mol. The summed E-state index contributed by atoms with van der Waals surface area (Å²) in [5.41, 5.74) is 3.40.